The third-order valence-electron chi connectivity index (χ3n) is 5.19. The maximum absolute atomic E-state index is 12.4. The van der Waals surface area contributed by atoms with Crippen molar-refractivity contribution in [1.82, 2.24) is 15.3 Å². The lowest BCUT2D eigenvalue weighted by Gasteiger charge is -2.15. The number of methoxy groups -OCH3 is 1. The zero-order chi connectivity index (χ0) is 23.0. The van der Waals surface area contributed by atoms with Crippen LogP contribution in [0, 0.1) is 0 Å². The van der Waals surface area contributed by atoms with Gasteiger partial charge in [-0.05, 0) is 47.4 Å². The lowest BCUT2D eigenvalue weighted by Crippen LogP contribution is -2.23. The highest BCUT2D eigenvalue weighted by atomic mass is 32.1. The van der Waals surface area contributed by atoms with Gasteiger partial charge in [0, 0.05) is 29.9 Å². The van der Waals surface area contributed by atoms with Crippen LogP contribution >= 0.6 is 11.3 Å². The van der Waals surface area contributed by atoms with Gasteiger partial charge in [-0.3, -0.25) is 9.78 Å². The molecule has 0 spiro atoms. The summed E-state index contributed by atoms with van der Waals surface area (Å²) in [4.78, 5) is 20.9. The van der Waals surface area contributed by atoms with Crippen LogP contribution in [0.3, 0.4) is 0 Å². The molecule has 2 aromatic heterocycles. The number of hydrogen-bond acceptors (Lipinski definition) is 6. The van der Waals surface area contributed by atoms with Crippen LogP contribution in [0.25, 0.3) is 11.1 Å². The number of rotatable bonds is 9. The minimum Gasteiger partial charge on any atom is -0.497 e. The van der Waals surface area contributed by atoms with Gasteiger partial charge in [-0.25, -0.2) is 4.98 Å². The molecule has 33 heavy (non-hydrogen) atoms. The molecular formula is C26H25N3O3S. The van der Waals surface area contributed by atoms with Crippen LogP contribution in [-0.4, -0.2) is 23.0 Å². The fraction of sp³-hybridized carbons (Fsp3) is 0.192. The van der Waals surface area contributed by atoms with Gasteiger partial charge in [0.15, 0.2) is 0 Å². The predicted molar refractivity (Wildman–Crippen MR) is 130 cm³/mol. The summed E-state index contributed by atoms with van der Waals surface area (Å²) in [5.41, 5.74) is 4.64. The van der Waals surface area contributed by atoms with Crippen LogP contribution in [0.2, 0.25) is 0 Å². The Morgan fingerprint density at radius 3 is 2.76 bits per heavy atom. The Hall–Kier alpha value is -3.71. The van der Waals surface area contributed by atoms with Crippen molar-refractivity contribution in [2.75, 3.05) is 7.11 Å². The second-order valence-corrected chi connectivity index (χ2v) is 8.27. The monoisotopic (exact) mass is 459 g/mol. The average molecular weight is 460 g/mol. The van der Waals surface area contributed by atoms with Crippen LogP contribution in [0.5, 0.6) is 11.5 Å². The predicted octanol–water partition coefficient (Wildman–Crippen LogP) is 5.29. The second-order valence-electron chi connectivity index (χ2n) is 7.33. The van der Waals surface area contributed by atoms with Gasteiger partial charge >= 0.3 is 0 Å². The van der Waals surface area contributed by atoms with Crippen molar-refractivity contribution < 1.29 is 14.3 Å². The van der Waals surface area contributed by atoms with Crippen molar-refractivity contribution in [3.63, 3.8) is 0 Å². The minimum atomic E-state index is -0.219. The minimum absolute atomic E-state index is 0.219. The molecule has 0 aliphatic heterocycles. The van der Waals surface area contributed by atoms with Crippen molar-refractivity contribution in [3.8, 4) is 22.6 Å². The highest BCUT2D eigenvalue weighted by Crippen LogP contribution is 2.36. The summed E-state index contributed by atoms with van der Waals surface area (Å²) < 4.78 is 11.6. The van der Waals surface area contributed by atoms with E-state index in [4.69, 9.17) is 9.47 Å². The molecule has 0 saturated heterocycles. The molecule has 0 bridgehead atoms. The Morgan fingerprint density at radius 2 is 1.97 bits per heavy atom. The molecule has 0 fully saturated rings. The summed E-state index contributed by atoms with van der Waals surface area (Å²) in [6.07, 6.45) is 4.34. The number of aromatic nitrogens is 2. The van der Waals surface area contributed by atoms with Crippen molar-refractivity contribution in [3.05, 3.63) is 94.2 Å². The molecule has 1 N–H and O–H groups in total. The third kappa shape index (κ3) is 5.56. The van der Waals surface area contributed by atoms with E-state index in [9.17, 15) is 4.79 Å². The highest BCUT2D eigenvalue weighted by molar-refractivity contribution is 7.09. The van der Waals surface area contributed by atoms with Gasteiger partial charge in [0.25, 0.3) is 5.91 Å². The Kier molecular flexibility index (Phi) is 7.32. The van der Waals surface area contributed by atoms with E-state index in [0.717, 1.165) is 39.6 Å². The molecule has 0 saturated carbocycles. The lowest BCUT2D eigenvalue weighted by molar-refractivity contribution is 0.0946. The van der Waals surface area contributed by atoms with E-state index >= 15 is 0 Å². The van der Waals surface area contributed by atoms with E-state index in [1.165, 1.54) is 16.9 Å². The average Bonchev–Trinajstić information content (AvgIpc) is 3.36. The van der Waals surface area contributed by atoms with E-state index in [2.05, 4.69) is 34.3 Å². The van der Waals surface area contributed by atoms with E-state index in [-0.39, 0.29) is 12.5 Å². The SMILES string of the molecule is CCc1ccccc1-c1cc(OC)ccc1OCc1nc(C(=O)NCc2cccnc2)cs1. The van der Waals surface area contributed by atoms with Crippen LogP contribution in [0.15, 0.2) is 72.4 Å². The summed E-state index contributed by atoms with van der Waals surface area (Å²) in [6.45, 7) is 2.81. The zero-order valence-corrected chi connectivity index (χ0v) is 19.4. The van der Waals surface area contributed by atoms with Crippen LogP contribution < -0.4 is 14.8 Å². The number of nitrogens with zero attached hydrogens (tertiary/aromatic N) is 2. The molecule has 7 heteroatoms. The van der Waals surface area contributed by atoms with Crippen LogP contribution in [0.1, 0.15) is 33.5 Å². The van der Waals surface area contributed by atoms with Gasteiger partial charge in [0.05, 0.1) is 7.11 Å². The first-order valence-corrected chi connectivity index (χ1v) is 11.6. The van der Waals surface area contributed by atoms with E-state index in [0.29, 0.717) is 12.2 Å². The van der Waals surface area contributed by atoms with Gasteiger partial charge in [0.1, 0.15) is 28.8 Å². The highest BCUT2D eigenvalue weighted by Gasteiger charge is 2.14. The summed E-state index contributed by atoms with van der Waals surface area (Å²) in [6, 6.07) is 17.8. The molecule has 2 heterocycles. The normalized spacial score (nSPS) is 10.6. The number of amides is 1. The molecule has 0 atom stereocenters. The quantitative estimate of drug-likeness (QED) is 0.368. The molecule has 168 valence electrons. The number of hydrogen-bond donors (Lipinski definition) is 1. The van der Waals surface area contributed by atoms with E-state index < -0.39 is 0 Å². The largest absolute Gasteiger partial charge is 0.497 e. The fourth-order valence-electron chi connectivity index (χ4n) is 3.46. The summed E-state index contributed by atoms with van der Waals surface area (Å²) in [5, 5.41) is 5.35. The topological polar surface area (TPSA) is 73.3 Å². The second kappa shape index (κ2) is 10.7. The Labute approximate surface area is 197 Å². The molecule has 0 aliphatic carbocycles. The molecule has 4 aromatic rings. The van der Waals surface area contributed by atoms with Gasteiger partial charge in [-0.1, -0.05) is 37.3 Å². The standard InChI is InChI=1S/C26H25N3O3S/c1-3-19-8-4-5-9-21(19)22-13-20(31-2)10-11-24(22)32-16-25-29-23(17-33-25)26(30)28-15-18-7-6-12-27-14-18/h4-14,17H,3,15-16H2,1-2H3,(H,28,30). The number of pyridine rings is 1. The van der Waals surface area contributed by atoms with Crippen LogP contribution in [0.4, 0.5) is 0 Å². The van der Waals surface area contributed by atoms with E-state index in [1.54, 1.807) is 24.9 Å². The smallest absolute Gasteiger partial charge is 0.271 e. The molecular weight excluding hydrogens is 434 g/mol. The number of carbonyl (C=O) groups is 1. The van der Waals surface area contributed by atoms with Crippen LogP contribution in [-0.2, 0) is 19.6 Å². The Bertz CT molecular complexity index is 1220. The number of thiazole rings is 1. The van der Waals surface area contributed by atoms with E-state index in [1.807, 2.05) is 42.5 Å². The molecule has 1 amide bonds. The Balaban J connectivity index is 1.46. The molecule has 0 aliphatic rings. The number of carbonyl (C=O) groups excluding carboxylic acids is 1. The van der Waals surface area contributed by atoms with Crippen molar-refractivity contribution in [1.29, 1.82) is 0 Å². The third-order valence-corrected chi connectivity index (χ3v) is 6.01. The maximum atomic E-state index is 12.4. The number of nitrogens with one attached hydrogen (secondary N) is 1. The van der Waals surface area contributed by atoms with Crippen molar-refractivity contribution in [2.24, 2.45) is 0 Å². The molecule has 0 unspecified atom stereocenters. The maximum Gasteiger partial charge on any atom is 0.271 e. The summed E-state index contributed by atoms with van der Waals surface area (Å²) in [7, 11) is 1.65. The fourth-order valence-corrected chi connectivity index (χ4v) is 4.15. The Morgan fingerprint density at radius 1 is 1.09 bits per heavy atom. The van der Waals surface area contributed by atoms with Gasteiger partial charge < -0.3 is 14.8 Å². The van der Waals surface area contributed by atoms with Gasteiger partial charge in [-0.2, -0.15) is 0 Å². The van der Waals surface area contributed by atoms with Gasteiger partial charge in [-0.15, -0.1) is 11.3 Å². The lowest BCUT2D eigenvalue weighted by atomic mass is 9.97. The van der Waals surface area contributed by atoms with Gasteiger partial charge in [0.2, 0.25) is 0 Å². The zero-order valence-electron chi connectivity index (χ0n) is 18.6. The van der Waals surface area contributed by atoms with Crippen molar-refractivity contribution in [2.45, 2.75) is 26.5 Å². The molecule has 6 nitrogen and oxygen atoms in total. The first kappa shape index (κ1) is 22.5. The molecule has 2 aromatic carbocycles. The first-order chi connectivity index (χ1) is 16.2. The van der Waals surface area contributed by atoms with Crippen molar-refractivity contribution >= 4 is 17.2 Å². The summed E-state index contributed by atoms with van der Waals surface area (Å²) >= 11 is 1.40. The number of benzene rings is 2. The number of aryl methyl sites for hydroxylation is 1. The summed E-state index contributed by atoms with van der Waals surface area (Å²) in [5.74, 6) is 1.29. The first-order valence-electron chi connectivity index (χ1n) is 10.7. The molecule has 0 radical (unpaired) electrons. The molecule has 4 rings (SSSR count). The number of ether oxygens (including phenoxy) is 2.